The first kappa shape index (κ1) is 17.6. The van der Waals surface area contributed by atoms with Crippen LogP contribution >= 0.6 is 0 Å². The Labute approximate surface area is 143 Å². The molecule has 3 aliphatic rings. The van der Waals surface area contributed by atoms with E-state index in [0.29, 0.717) is 25.4 Å². The first-order chi connectivity index (χ1) is 11.4. The SMILES string of the molecule is CC(C)CN1CCN(C(=O)C2NCC3(CC3)CC2C(=O)NO)CC1. The quantitative estimate of drug-likeness (QED) is 0.498. The highest BCUT2D eigenvalue weighted by Gasteiger charge is 2.52. The van der Waals surface area contributed by atoms with Crippen LogP contribution in [0.1, 0.15) is 33.1 Å². The van der Waals surface area contributed by atoms with Crippen LogP contribution in [0.25, 0.3) is 0 Å². The Morgan fingerprint density at radius 3 is 2.46 bits per heavy atom. The third-order valence-corrected chi connectivity index (χ3v) is 5.73. The number of amides is 2. The van der Waals surface area contributed by atoms with Crippen molar-refractivity contribution in [2.45, 2.75) is 39.2 Å². The summed E-state index contributed by atoms with van der Waals surface area (Å²) in [4.78, 5) is 29.3. The predicted octanol–water partition coefficient (Wildman–Crippen LogP) is 0.0503. The summed E-state index contributed by atoms with van der Waals surface area (Å²) in [5.74, 6) is -0.291. The summed E-state index contributed by atoms with van der Waals surface area (Å²) < 4.78 is 0. The molecule has 2 heterocycles. The molecular weight excluding hydrogens is 308 g/mol. The number of nitrogens with one attached hydrogen (secondary N) is 2. The van der Waals surface area contributed by atoms with E-state index in [0.717, 1.165) is 39.0 Å². The van der Waals surface area contributed by atoms with Crippen LogP contribution in [0.2, 0.25) is 0 Å². The molecule has 24 heavy (non-hydrogen) atoms. The summed E-state index contributed by atoms with van der Waals surface area (Å²) in [6.07, 6.45) is 2.89. The maximum absolute atomic E-state index is 12.9. The Morgan fingerprint density at radius 2 is 1.92 bits per heavy atom. The van der Waals surface area contributed by atoms with E-state index in [-0.39, 0.29) is 11.3 Å². The van der Waals surface area contributed by atoms with Crippen molar-refractivity contribution in [3.05, 3.63) is 0 Å². The third-order valence-electron chi connectivity index (χ3n) is 5.73. The van der Waals surface area contributed by atoms with Crippen LogP contribution < -0.4 is 10.8 Å². The van der Waals surface area contributed by atoms with Gasteiger partial charge in [0.1, 0.15) is 0 Å². The minimum absolute atomic E-state index is 0.00305. The van der Waals surface area contributed by atoms with E-state index < -0.39 is 17.9 Å². The van der Waals surface area contributed by atoms with Gasteiger partial charge in [0.25, 0.3) is 0 Å². The third kappa shape index (κ3) is 3.73. The smallest absolute Gasteiger partial charge is 0.248 e. The highest BCUT2D eigenvalue weighted by atomic mass is 16.5. The van der Waals surface area contributed by atoms with Gasteiger partial charge in [-0.2, -0.15) is 0 Å². The Morgan fingerprint density at radius 1 is 1.25 bits per heavy atom. The van der Waals surface area contributed by atoms with Gasteiger partial charge in [-0.15, -0.1) is 0 Å². The van der Waals surface area contributed by atoms with Crippen molar-refractivity contribution in [3.63, 3.8) is 0 Å². The lowest BCUT2D eigenvalue weighted by atomic mass is 9.81. The monoisotopic (exact) mass is 338 g/mol. The average Bonchev–Trinajstić information content (AvgIpc) is 3.32. The van der Waals surface area contributed by atoms with Crippen LogP contribution in [0.15, 0.2) is 0 Å². The molecular formula is C17H30N4O3. The average molecular weight is 338 g/mol. The zero-order valence-electron chi connectivity index (χ0n) is 14.8. The highest BCUT2D eigenvalue weighted by Crippen LogP contribution is 2.52. The molecule has 2 amide bonds. The number of piperazine rings is 1. The van der Waals surface area contributed by atoms with Gasteiger partial charge in [-0.05, 0) is 30.6 Å². The van der Waals surface area contributed by atoms with E-state index in [1.165, 1.54) is 0 Å². The summed E-state index contributed by atoms with van der Waals surface area (Å²) in [5, 5.41) is 12.3. The molecule has 0 aromatic rings. The van der Waals surface area contributed by atoms with Crippen LogP contribution in [0.5, 0.6) is 0 Å². The molecule has 2 aliphatic heterocycles. The second-order valence-corrected chi connectivity index (χ2v) is 8.16. The van der Waals surface area contributed by atoms with Crippen molar-refractivity contribution >= 4 is 11.8 Å². The van der Waals surface area contributed by atoms with Gasteiger partial charge in [0, 0.05) is 39.3 Å². The van der Waals surface area contributed by atoms with Crippen LogP contribution in [0.3, 0.4) is 0 Å². The van der Waals surface area contributed by atoms with E-state index in [9.17, 15) is 9.59 Å². The van der Waals surface area contributed by atoms with Gasteiger partial charge in [-0.1, -0.05) is 13.8 Å². The minimum Gasteiger partial charge on any atom is -0.339 e. The molecule has 0 radical (unpaired) electrons. The standard InChI is InChI=1S/C17H30N4O3/c1-12(2)10-20-5-7-21(8-6-20)16(23)14-13(15(22)19-24)9-17(3-4-17)11-18-14/h12-14,18,24H,3-11H2,1-2H3,(H,19,22). The summed E-state index contributed by atoms with van der Waals surface area (Å²) in [6, 6.07) is -0.514. The normalized spacial score (nSPS) is 29.8. The zero-order chi connectivity index (χ0) is 17.3. The second-order valence-electron chi connectivity index (χ2n) is 8.16. The van der Waals surface area contributed by atoms with Crippen LogP contribution in [0.4, 0.5) is 0 Å². The molecule has 2 unspecified atom stereocenters. The van der Waals surface area contributed by atoms with Crippen LogP contribution in [-0.4, -0.2) is 72.1 Å². The van der Waals surface area contributed by atoms with Crippen molar-refractivity contribution < 1.29 is 14.8 Å². The Kier molecular flexibility index (Phi) is 5.13. The summed E-state index contributed by atoms with van der Waals surface area (Å²) >= 11 is 0. The lowest BCUT2D eigenvalue weighted by Gasteiger charge is -2.41. The summed E-state index contributed by atoms with van der Waals surface area (Å²) in [7, 11) is 0. The van der Waals surface area contributed by atoms with Crippen molar-refractivity contribution in [1.82, 2.24) is 20.6 Å². The Balaban J connectivity index is 1.60. The maximum Gasteiger partial charge on any atom is 0.248 e. The number of nitrogens with zero attached hydrogens (tertiary/aromatic N) is 2. The largest absolute Gasteiger partial charge is 0.339 e. The number of carbonyl (C=O) groups is 2. The molecule has 1 aliphatic carbocycles. The minimum atomic E-state index is -0.514. The molecule has 0 aromatic carbocycles. The number of hydrogen-bond acceptors (Lipinski definition) is 5. The van der Waals surface area contributed by atoms with Gasteiger partial charge in [-0.3, -0.25) is 19.7 Å². The van der Waals surface area contributed by atoms with Crippen molar-refractivity contribution in [2.75, 3.05) is 39.3 Å². The molecule has 3 rings (SSSR count). The predicted molar refractivity (Wildman–Crippen MR) is 89.4 cm³/mol. The first-order valence-corrected chi connectivity index (χ1v) is 9.12. The number of hydroxylamine groups is 1. The molecule has 136 valence electrons. The van der Waals surface area contributed by atoms with Crippen molar-refractivity contribution in [1.29, 1.82) is 0 Å². The van der Waals surface area contributed by atoms with Gasteiger partial charge in [0.2, 0.25) is 11.8 Å². The molecule has 7 heteroatoms. The van der Waals surface area contributed by atoms with Crippen molar-refractivity contribution in [3.8, 4) is 0 Å². The lowest BCUT2D eigenvalue weighted by Crippen LogP contribution is -2.61. The van der Waals surface area contributed by atoms with E-state index in [4.69, 9.17) is 5.21 Å². The number of rotatable bonds is 4. The fourth-order valence-electron chi connectivity index (χ4n) is 4.13. The van der Waals surface area contributed by atoms with E-state index in [2.05, 4.69) is 24.1 Å². The van der Waals surface area contributed by atoms with Crippen molar-refractivity contribution in [2.24, 2.45) is 17.3 Å². The molecule has 7 nitrogen and oxygen atoms in total. The molecule has 3 fully saturated rings. The van der Waals surface area contributed by atoms with Gasteiger partial charge in [-0.25, -0.2) is 5.48 Å². The zero-order valence-corrected chi connectivity index (χ0v) is 14.8. The first-order valence-electron chi connectivity index (χ1n) is 9.12. The Hall–Kier alpha value is -1.18. The van der Waals surface area contributed by atoms with Crippen LogP contribution in [0, 0.1) is 17.3 Å². The maximum atomic E-state index is 12.9. The second kappa shape index (κ2) is 6.98. The van der Waals surface area contributed by atoms with Gasteiger partial charge < -0.3 is 10.2 Å². The van der Waals surface area contributed by atoms with E-state index >= 15 is 0 Å². The molecule has 3 N–H and O–H groups in total. The van der Waals surface area contributed by atoms with E-state index in [1.807, 2.05) is 4.90 Å². The summed E-state index contributed by atoms with van der Waals surface area (Å²) in [6.45, 7) is 9.46. The van der Waals surface area contributed by atoms with Gasteiger partial charge >= 0.3 is 0 Å². The number of hydrogen-bond donors (Lipinski definition) is 3. The molecule has 0 aromatic heterocycles. The molecule has 1 spiro atoms. The molecule has 1 saturated carbocycles. The molecule has 2 atom stereocenters. The topological polar surface area (TPSA) is 84.9 Å². The highest BCUT2D eigenvalue weighted by molar-refractivity contribution is 5.90. The number of carbonyl (C=O) groups excluding carboxylic acids is 2. The molecule has 2 saturated heterocycles. The van der Waals surface area contributed by atoms with Crippen LogP contribution in [-0.2, 0) is 9.59 Å². The summed E-state index contributed by atoms with van der Waals surface area (Å²) in [5.41, 5.74) is 1.93. The fraction of sp³-hybridized carbons (Fsp3) is 0.882. The fourth-order valence-corrected chi connectivity index (χ4v) is 4.13. The lowest BCUT2D eigenvalue weighted by molar-refractivity contribution is -0.145. The van der Waals surface area contributed by atoms with E-state index in [1.54, 1.807) is 5.48 Å². The molecule has 0 bridgehead atoms. The van der Waals surface area contributed by atoms with Gasteiger partial charge in [0.05, 0.1) is 12.0 Å². The van der Waals surface area contributed by atoms with Gasteiger partial charge in [0.15, 0.2) is 0 Å². The Bertz CT molecular complexity index is 484. The number of piperidine rings is 1.